The van der Waals surface area contributed by atoms with Crippen molar-refractivity contribution in [3.8, 4) is 5.75 Å². The molecule has 1 heterocycles. The van der Waals surface area contributed by atoms with Gasteiger partial charge in [0.25, 0.3) is 6.43 Å². The van der Waals surface area contributed by atoms with Gasteiger partial charge in [-0.1, -0.05) is 6.07 Å². The molecule has 0 aliphatic carbocycles. The van der Waals surface area contributed by atoms with Crippen LogP contribution in [0.3, 0.4) is 0 Å². The second kappa shape index (κ2) is 5.81. The molecule has 6 nitrogen and oxygen atoms in total. The van der Waals surface area contributed by atoms with E-state index in [-0.39, 0.29) is 4.90 Å². The van der Waals surface area contributed by atoms with Crippen molar-refractivity contribution in [2.45, 2.75) is 36.6 Å². The Hall–Kier alpha value is -1.74. The third-order valence-electron chi connectivity index (χ3n) is 3.35. The SMILES string of the molecule is CC(CC(=O)O)(NS(=O)(=O)c1ccc2c(c1)OCC2)C(F)F. The maximum atomic E-state index is 13.1. The summed E-state index contributed by atoms with van der Waals surface area (Å²) in [6, 6.07) is 4.08. The summed E-state index contributed by atoms with van der Waals surface area (Å²) in [6.45, 7) is 1.28. The van der Waals surface area contributed by atoms with Crippen LogP contribution in [0.4, 0.5) is 8.78 Å². The zero-order chi connectivity index (χ0) is 16.5. The van der Waals surface area contributed by atoms with Gasteiger partial charge in [-0.15, -0.1) is 0 Å². The van der Waals surface area contributed by atoms with Gasteiger partial charge in [-0.3, -0.25) is 4.79 Å². The van der Waals surface area contributed by atoms with Crippen LogP contribution in [0.15, 0.2) is 23.1 Å². The number of rotatable bonds is 6. The Bertz CT molecular complexity index is 692. The molecule has 2 rings (SSSR count). The van der Waals surface area contributed by atoms with Crippen LogP contribution >= 0.6 is 0 Å². The predicted octanol–water partition coefficient (Wildman–Crippen LogP) is 1.40. The van der Waals surface area contributed by atoms with Crippen LogP contribution in [-0.4, -0.2) is 38.1 Å². The first-order valence-electron chi connectivity index (χ1n) is 6.44. The average Bonchev–Trinajstić information content (AvgIpc) is 2.83. The fourth-order valence-electron chi connectivity index (χ4n) is 2.15. The van der Waals surface area contributed by atoms with E-state index < -0.39 is 34.4 Å². The molecule has 1 unspecified atom stereocenters. The standard InChI is InChI=1S/C13H15F2NO5S/c1-13(12(14)15,7-11(17)18)16-22(19,20)9-3-2-8-4-5-21-10(8)6-9/h2-3,6,12,16H,4-5,7H2,1H3,(H,17,18). The van der Waals surface area contributed by atoms with Gasteiger partial charge in [0.15, 0.2) is 0 Å². The maximum absolute atomic E-state index is 13.1. The van der Waals surface area contributed by atoms with Crippen LogP contribution in [0.25, 0.3) is 0 Å². The van der Waals surface area contributed by atoms with Gasteiger partial charge in [0.1, 0.15) is 11.3 Å². The fourth-order valence-corrected chi connectivity index (χ4v) is 3.55. The number of alkyl halides is 2. The van der Waals surface area contributed by atoms with Crippen LogP contribution in [0, 0.1) is 0 Å². The normalized spacial score (nSPS) is 16.9. The molecule has 2 N–H and O–H groups in total. The number of hydrogen-bond donors (Lipinski definition) is 2. The van der Waals surface area contributed by atoms with Crippen LogP contribution in [0.1, 0.15) is 18.9 Å². The number of sulfonamides is 1. The first-order chi connectivity index (χ1) is 10.1. The Morgan fingerprint density at radius 2 is 2.18 bits per heavy atom. The summed E-state index contributed by atoms with van der Waals surface area (Å²) in [5.74, 6) is -1.14. The zero-order valence-corrected chi connectivity index (χ0v) is 12.5. The van der Waals surface area contributed by atoms with Gasteiger partial charge in [0.2, 0.25) is 10.0 Å². The van der Waals surface area contributed by atoms with Gasteiger partial charge < -0.3 is 9.84 Å². The van der Waals surface area contributed by atoms with Gasteiger partial charge in [0.05, 0.1) is 17.9 Å². The zero-order valence-electron chi connectivity index (χ0n) is 11.7. The number of fused-ring (bicyclic) bond motifs is 1. The number of aliphatic carboxylic acids is 1. The lowest BCUT2D eigenvalue weighted by Crippen LogP contribution is -2.52. The van der Waals surface area contributed by atoms with E-state index in [0.29, 0.717) is 18.8 Å². The summed E-state index contributed by atoms with van der Waals surface area (Å²) in [5, 5.41) is 8.70. The molecule has 0 saturated carbocycles. The van der Waals surface area contributed by atoms with Crippen LogP contribution in [0.2, 0.25) is 0 Å². The predicted molar refractivity (Wildman–Crippen MR) is 72.6 cm³/mol. The van der Waals surface area contributed by atoms with E-state index in [1.54, 1.807) is 10.8 Å². The van der Waals surface area contributed by atoms with Gasteiger partial charge in [-0.05, 0) is 18.6 Å². The summed E-state index contributed by atoms with van der Waals surface area (Å²) in [6.07, 6.45) is -3.56. The third-order valence-corrected chi connectivity index (χ3v) is 4.96. The third kappa shape index (κ3) is 3.36. The van der Waals surface area contributed by atoms with Crippen LogP contribution in [-0.2, 0) is 21.2 Å². The number of benzene rings is 1. The molecule has 1 aliphatic rings. The Morgan fingerprint density at radius 3 is 2.77 bits per heavy atom. The minimum Gasteiger partial charge on any atom is -0.493 e. The molecule has 1 aromatic rings. The molecule has 0 spiro atoms. The van der Waals surface area contributed by atoms with E-state index in [0.717, 1.165) is 12.5 Å². The highest BCUT2D eigenvalue weighted by atomic mass is 32.2. The molecule has 1 atom stereocenters. The summed E-state index contributed by atoms with van der Waals surface area (Å²) >= 11 is 0. The van der Waals surface area contributed by atoms with E-state index in [1.165, 1.54) is 12.1 Å². The highest BCUT2D eigenvalue weighted by Gasteiger charge is 2.41. The number of halogens is 2. The van der Waals surface area contributed by atoms with Crippen molar-refractivity contribution in [2.75, 3.05) is 6.61 Å². The number of carbonyl (C=O) groups is 1. The molecule has 1 aliphatic heterocycles. The molecular formula is C13H15F2NO5S. The minimum absolute atomic E-state index is 0.245. The van der Waals surface area contributed by atoms with Crippen LogP contribution in [0.5, 0.6) is 5.75 Å². The van der Waals surface area contributed by atoms with Crippen molar-refractivity contribution in [3.05, 3.63) is 23.8 Å². The highest BCUT2D eigenvalue weighted by molar-refractivity contribution is 7.89. The summed E-state index contributed by atoms with van der Waals surface area (Å²) in [4.78, 5) is 10.5. The lowest BCUT2D eigenvalue weighted by molar-refractivity contribution is -0.140. The van der Waals surface area contributed by atoms with Crippen LogP contribution < -0.4 is 9.46 Å². The molecule has 0 amide bonds. The molecule has 1 aromatic carbocycles. The minimum atomic E-state index is -4.30. The summed E-state index contributed by atoms with van der Waals surface area (Å²) in [5.41, 5.74) is -1.56. The quantitative estimate of drug-likeness (QED) is 0.820. The average molecular weight is 335 g/mol. The smallest absolute Gasteiger partial charge is 0.305 e. The Balaban J connectivity index is 2.31. The molecule has 0 fully saturated rings. The van der Waals surface area contributed by atoms with Crippen molar-refractivity contribution in [1.82, 2.24) is 4.72 Å². The number of nitrogens with one attached hydrogen (secondary N) is 1. The molecule has 9 heteroatoms. The number of carboxylic acid groups (broad SMARTS) is 1. The number of carboxylic acids is 1. The summed E-state index contributed by atoms with van der Waals surface area (Å²) < 4.78 is 57.7. The van der Waals surface area contributed by atoms with Crippen molar-refractivity contribution >= 4 is 16.0 Å². The monoisotopic (exact) mass is 335 g/mol. The molecule has 0 bridgehead atoms. The van der Waals surface area contributed by atoms with E-state index >= 15 is 0 Å². The summed E-state index contributed by atoms with van der Waals surface area (Å²) in [7, 11) is -4.30. The Morgan fingerprint density at radius 1 is 1.50 bits per heavy atom. The van der Waals surface area contributed by atoms with E-state index in [1.807, 2.05) is 0 Å². The number of ether oxygens (including phenoxy) is 1. The molecule has 0 saturated heterocycles. The van der Waals surface area contributed by atoms with E-state index in [2.05, 4.69) is 0 Å². The fraction of sp³-hybridized carbons (Fsp3) is 0.462. The van der Waals surface area contributed by atoms with E-state index in [4.69, 9.17) is 9.84 Å². The van der Waals surface area contributed by atoms with Crippen molar-refractivity contribution in [1.29, 1.82) is 0 Å². The Labute approximate surface area is 126 Å². The second-order valence-corrected chi connectivity index (χ2v) is 6.94. The maximum Gasteiger partial charge on any atom is 0.305 e. The molecule has 122 valence electrons. The molecule has 0 aromatic heterocycles. The highest BCUT2D eigenvalue weighted by Crippen LogP contribution is 2.29. The van der Waals surface area contributed by atoms with Gasteiger partial charge in [0, 0.05) is 12.5 Å². The van der Waals surface area contributed by atoms with Crippen molar-refractivity contribution in [2.24, 2.45) is 0 Å². The molecule has 22 heavy (non-hydrogen) atoms. The lowest BCUT2D eigenvalue weighted by atomic mass is 10.0. The van der Waals surface area contributed by atoms with E-state index in [9.17, 15) is 22.0 Å². The number of hydrogen-bond acceptors (Lipinski definition) is 4. The first-order valence-corrected chi connectivity index (χ1v) is 7.92. The van der Waals surface area contributed by atoms with Gasteiger partial charge in [-0.25, -0.2) is 17.2 Å². The van der Waals surface area contributed by atoms with Gasteiger partial charge in [-0.2, -0.15) is 4.72 Å². The topological polar surface area (TPSA) is 92.7 Å². The van der Waals surface area contributed by atoms with Gasteiger partial charge >= 0.3 is 5.97 Å². The Kier molecular flexibility index (Phi) is 4.39. The van der Waals surface area contributed by atoms with Crippen molar-refractivity contribution < 1.29 is 31.8 Å². The molecular weight excluding hydrogens is 320 g/mol. The first kappa shape index (κ1) is 16.6. The largest absolute Gasteiger partial charge is 0.493 e. The van der Waals surface area contributed by atoms with Crippen molar-refractivity contribution in [3.63, 3.8) is 0 Å². The molecule has 0 radical (unpaired) electrons. The lowest BCUT2D eigenvalue weighted by Gasteiger charge is -2.28. The second-order valence-electron chi connectivity index (χ2n) is 5.26.